The second kappa shape index (κ2) is 6.29. The molecule has 1 aromatic carbocycles. The molecule has 134 valence electrons. The summed E-state index contributed by atoms with van der Waals surface area (Å²) in [5, 5.41) is 4.63. The molecule has 2 aromatic heterocycles. The number of hydrogen-bond acceptors (Lipinski definition) is 4. The molecular formula is C18H20N6O2. The predicted octanol–water partition coefficient (Wildman–Crippen LogP) is 1.81. The SMILES string of the molecule is CC(C)[C@H]1c2nc(-c3ccccc3)nn2CCN1C(=O)c1c[nH]c(=O)[nH]1. The molecule has 0 saturated carbocycles. The van der Waals surface area contributed by atoms with Crippen molar-refractivity contribution < 1.29 is 4.79 Å². The van der Waals surface area contributed by atoms with Gasteiger partial charge in [0.05, 0.1) is 12.6 Å². The van der Waals surface area contributed by atoms with Gasteiger partial charge in [-0.15, -0.1) is 0 Å². The number of H-pyrrole nitrogens is 2. The number of nitrogens with one attached hydrogen (secondary N) is 2. The van der Waals surface area contributed by atoms with Gasteiger partial charge in [-0.05, 0) is 5.92 Å². The van der Waals surface area contributed by atoms with Crippen molar-refractivity contribution in [1.29, 1.82) is 0 Å². The lowest BCUT2D eigenvalue weighted by atomic mass is 9.99. The smallest absolute Gasteiger partial charge is 0.323 e. The summed E-state index contributed by atoms with van der Waals surface area (Å²) in [4.78, 5) is 35.8. The number of imidazole rings is 1. The van der Waals surface area contributed by atoms with Crippen LogP contribution < -0.4 is 5.69 Å². The lowest BCUT2D eigenvalue weighted by Gasteiger charge is -2.37. The number of amides is 1. The van der Waals surface area contributed by atoms with Gasteiger partial charge in [-0.2, -0.15) is 5.10 Å². The van der Waals surface area contributed by atoms with Crippen LogP contribution in [-0.4, -0.2) is 42.1 Å². The maximum atomic E-state index is 12.9. The summed E-state index contributed by atoms with van der Waals surface area (Å²) in [5.74, 6) is 1.38. The van der Waals surface area contributed by atoms with E-state index in [0.717, 1.165) is 11.4 Å². The van der Waals surface area contributed by atoms with E-state index in [2.05, 4.69) is 28.9 Å². The Bertz CT molecular complexity index is 985. The Balaban J connectivity index is 1.72. The Hall–Kier alpha value is -3.16. The molecular weight excluding hydrogens is 332 g/mol. The van der Waals surface area contributed by atoms with E-state index in [1.54, 1.807) is 4.90 Å². The number of fused-ring (bicyclic) bond motifs is 1. The predicted molar refractivity (Wildman–Crippen MR) is 95.5 cm³/mol. The van der Waals surface area contributed by atoms with Crippen LogP contribution in [-0.2, 0) is 6.54 Å². The fourth-order valence-corrected chi connectivity index (χ4v) is 3.42. The summed E-state index contributed by atoms with van der Waals surface area (Å²) in [5.41, 5.74) is 0.822. The number of hydrogen-bond donors (Lipinski definition) is 2. The molecule has 0 fully saturated rings. The second-order valence-electron chi connectivity index (χ2n) is 6.73. The average Bonchev–Trinajstić information content (AvgIpc) is 3.27. The standard InChI is InChI=1S/C18H20N6O2/c1-11(2)14-16-21-15(12-6-4-3-5-7-12)22-24(16)9-8-23(14)17(25)13-10-19-18(26)20-13/h3-7,10-11,14H,8-9H2,1-2H3,(H2,19,20,26)/t14-/m0/s1. The zero-order chi connectivity index (χ0) is 18.3. The molecule has 1 aliphatic heterocycles. The highest BCUT2D eigenvalue weighted by Gasteiger charge is 2.36. The van der Waals surface area contributed by atoms with Crippen molar-refractivity contribution >= 4 is 5.91 Å². The van der Waals surface area contributed by atoms with Gasteiger partial charge in [-0.1, -0.05) is 44.2 Å². The topological polar surface area (TPSA) is 99.7 Å². The van der Waals surface area contributed by atoms with Crippen molar-refractivity contribution in [2.75, 3.05) is 6.54 Å². The highest BCUT2D eigenvalue weighted by atomic mass is 16.2. The Morgan fingerprint density at radius 2 is 2.00 bits per heavy atom. The van der Waals surface area contributed by atoms with Crippen LogP contribution in [0.5, 0.6) is 0 Å². The van der Waals surface area contributed by atoms with E-state index in [-0.39, 0.29) is 29.3 Å². The first-order valence-corrected chi connectivity index (χ1v) is 8.63. The van der Waals surface area contributed by atoms with Crippen LogP contribution in [0.2, 0.25) is 0 Å². The lowest BCUT2D eigenvalue weighted by Crippen LogP contribution is -2.44. The van der Waals surface area contributed by atoms with Gasteiger partial charge in [0.2, 0.25) is 0 Å². The number of aromatic nitrogens is 5. The minimum Gasteiger partial charge on any atom is -0.325 e. The zero-order valence-electron chi connectivity index (χ0n) is 14.6. The second-order valence-corrected chi connectivity index (χ2v) is 6.73. The number of rotatable bonds is 3. The Kier molecular flexibility index (Phi) is 3.95. The Morgan fingerprint density at radius 3 is 2.65 bits per heavy atom. The van der Waals surface area contributed by atoms with Crippen LogP contribution in [0.15, 0.2) is 41.3 Å². The van der Waals surface area contributed by atoms with Gasteiger partial charge >= 0.3 is 5.69 Å². The number of benzene rings is 1. The normalized spacial score (nSPS) is 16.7. The van der Waals surface area contributed by atoms with Gasteiger partial charge in [0.25, 0.3) is 5.91 Å². The number of aromatic amines is 2. The molecule has 26 heavy (non-hydrogen) atoms. The van der Waals surface area contributed by atoms with E-state index < -0.39 is 0 Å². The summed E-state index contributed by atoms with van der Waals surface area (Å²) in [6.45, 7) is 5.19. The van der Waals surface area contributed by atoms with Crippen molar-refractivity contribution in [2.24, 2.45) is 5.92 Å². The molecule has 3 heterocycles. The molecule has 0 aliphatic carbocycles. The summed E-state index contributed by atoms with van der Waals surface area (Å²) in [6.07, 6.45) is 1.41. The molecule has 4 rings (SSSR count). The summed E-state index contributed by atoms with van der Waals surface area (Å²) in [7, 11) is 0. The molecule has 0 bridgehead atoms. The van der Waals surface area contributed by atoms with Crippen LogP contribution >= 0.6 is 0 Å². The molecule has 1 atom stereocenters. The largest absolute Gasteiger partial charge is 0.325 e. The molecule has 0 unspecified atom stereocenters. The van der Waals surface area contributed by atoms with E-state index in [9.17, 15) is 9.59 Å². The minimum atomic E-state index is -0.388. The maximum Gasteiger partial charge on any atom is 0.323 e. The lowest BCUT2D eigenvalue weighted by molar-refractivity contribution is 0.0531. The van der Waals surface area contributed by atoms with Gasteiger partial charge in [0, 0.05) is 18.3 Å². The van der Waals surface area contributed by atoms with Crippen LogP contribution in [0.25, 0.3) is 11.4 Å². The van der Waals surface area contributed by atoms with Gasteiger partial charge in [0.15, 0.2) is 11.6 Å². The van der Waals surface area contributed by atoms with E-state index in [0.29, 0.717) is 18.9 Å². The first-order chi connectivity index (χ1) is 12.5. The number of carbonyl (C=O) groups excluding carboxylic acids is 1. The Labute approximate surface area is 149 Å². The van der Waals surface area contributed by atoms with Crippen LogP contribution in [0, 0.1) is 5.92 Å². The quantitative estimate of drug-likeness (QED) is 0.751. The third-order valence-electron chi connectivity index (χ3n) is 4.60. The molecule has 8 heteroatoms. The molecule has 0 radical (unpaired) electrons. The monoisotopic (exact) mass is 352 g/mol. The van der Waals surface area contributed by atoms with E-state index >= 15 is 0 Å². The zero-order valence-corrected chi connectivity index (χ0v) is 14.6. The summed E-state index contributed by atoms with van der Waals surface area (Å²) in [6, 6.07) is 9.59. The van der Waals surface area contributed by atoms with Gasteiger partial charge in [-0.3, -0.25) is 4.79 Å². The minimum absolute atomic E-state index is 0.150. The Morgan fingerprint density at radius 1 is 1.23 bits per heavy atom. The molecule has 0 saturated heterocycles. The van der Waals surface area contributed by atoms with Gasteiger partial charge < -0.3 is 14.9 Å². The van der Waals surface area contributed by atoms with Crippen molar-refractivity contribution in [1.82, 2.24) is 29.6 Å². The van der Waals surface area contributed by atoms with Crippen molar-refractivity contribution in [2.45, 2.75) is 26.4 Å². The third kappa shape index (κ3) is 2.73. The fraction of sp³-hybridized carbons (Fsp3) is 0.333. The summed E-state index contributed by atoms with van der Waals surface area (Å²) < 4.78 is 1.89. The van der Waals surface area contributed by atoms with E-state index in [1.807, 2.05) is 35.0 Å². The number of carbonyl (C=O) groups is 1. The van der Waals surface area contributed by atoms with Gasteiger partial charge in [-0.25, -0.2) is 14.5 Å². The third-order valence-corrected chi connectivity index (χ3v) is 4.60. The first kappa shape index (κ1) is 16.3. The van der Waals surface area contributed by atoms with E-state index in [1.165, 1.54) is 6.20 Å². The van der Waals surface area contributed by atoms with Crippen LogP contribution in [0.3, 0.4) is 0 Å². The van der Waals surface area contributed by atoms with Crippen LogP contribution in [0.4, 0.5) is 0 Å². The first-order valence-electron chi connectivity index (χ1n) is 8.63. The van der Waals surface area contributed by atoms with Crippen LogP contribution in [0.1, 0.15) is 36.2 Å². The molecule has 3 aromatic rings. The maximum absolute atomic E-state index is 12.9. The van der Waals surface area contributed by atoms with Crippen molar-refractivity contribution in [3.05, 3.63) is 58.5 Å². The van der Waals surface area contributed by atoms with Crippen molar-refractivity contribution in [3.63, 3.8) is 0 Å². The molecule has 1 amide bonds. The van der Waals surface area contributed by atoms with E-state index in [4.69, 9.17) is 4.98 Å². The molecule has 8 nitrogen and oxygen atoms in total. The molecule has 0 spiro atoms. The highest BCUT2D eigenvalue weighted by Crippen LogP contribution is 2.33. The molecule has 1 aliphatic rings. The average molecular weight is 352 g/mol. The van der Waals surface area contributed by atoms with Gasteiger partial charge in [0.1, 0.15) is 5.69 Å². The fourth-order valence-electron chi connectivity index (χ4n) is 3.42. The van der Waals surface area contributed by atoms with Crippen molar-refractivity contribution in [3.8, 4) is 11.4 Å². The molecule has 2 N–H and O–H groups in total. The summed E-state index contributed by atoms with van der Waals surface area (Å²) >= 11 is 0. The highest BCUT2D eigenvalue weighted by molar-refractivity contribution is 5.92. The number of nitrogens with zero attached hydrogens (tertiary/aromatic N) is 4.